The van der Waals surface area contributed by atoms with Crippen molar-refractivity contribution in [1.82, 2.24) is 0 Å². The molecule has 0 saturated carbocycles. The Hall–Kier alpha value is -1.51. The summed E-state index contributed by atoms with van der Waals surface area (Å²) < 4.78 is 0. The quantitative estimate of drug-likeness (QED) is 0.805. The zero-order valence-corrected chi connectivity index (χ0v) is 9.23. The van der Waals surface area contributed by atoms with Crippen LogP contribution in [0.3, 0.4) is 0 Å². The van der Waals surface area contributed by atoms with E-state index in [1.54, 1.807) is 0 Å². The molecule has 0 aromatic heterocycles. The number of anilines is 1. The summed E-state index contributed by atoms with van der Waals surface area (Å²) in [6.45, 7) is 5.46. The van der Waals surface area contributed by atoms with Gasteiger partial charge in [-0.3, -0.25) is 4.79 Å². The highest BCUT2D eigenvalue weighted by atomic mass is 16.4. The molecule has 3 nitrogen and oxygen atoms in total. The van der Waals surface area contributed by atoms with Crippen molar-refractivity contribution in [2.45, 2.75) is 20.3 Å². The predicted molar refractivity (Wildman–Crippen MR) is 61.3 cm³/mol. The Morgan fingerprint density at radius 3 is 2.73 bits per heavy atom. The molecule has 0 atom stereocenters. The molecule has 1 N–H and O–H groups in total. The summed E-state index contributed by atoms with van der Waals surface area (Å²) in [5.74, 6) is -0.749. The normalized spacial score (nSPS) is 10.0. The lowest BCUT2D eigenvalue weighted by molar-refractivity contribution is -0.136. The molecule has 0 aliphatic carbocycles. The summed E-state index contributed by atoms with van der Waals surface area (Å²) in [6.07, 6.45) is 0.182. The standard InChI is InChI=1S/C12H17NO2/c1-3-13(8-7-12(14)15)11-6-4-5-10(2)9-11/h4-6,9H,3,7-8H2,1-2H3,(H,14,15). The van der Waals surface area contributed by atoms with Gasteiger partial charge in [0.15, 0.2) is 0 Å². The Bertz CT molecular complexity index is 336. The third-order valence-corrected chi connectivity index (χ3v) is 2.34. The lowest BCUT2D eigenvalue weighted by atomic mass is 10.2. The fourth-order valence-electron chi connectivity index (χ4n) is 1.53. The number of nitrogens with zero attached hydrogens (tertiary/aromatic N) is 1. The highest BCUT2D eigenvalue weighted by Crippen LogP contribution is 2.15. The van der Waals surface area contributed by atoms with Crippen molar-refractivity contribution in [3.8, 4) is 0 Å². The Morgan fingerprint density at radius 1 is 1.47 bits per heavy atom. The number of aliphatic carboxylic acids is 1. The molecule has 0 unspecified atom stereocenters. The number of benzene rings is 1. The van der Waals surface area contributed by atoms with E-state index in [9.17, 15) is 4.79 Å². The van der Waals surface area contributed by atoms with E-state index in [0.717, 1.165) is 12.2 Å². The van der Waals surface area contributed by atoms with Gasteiger partial charge in [0, 0.05) is 18.8 Å². The minimum Gasteiger partial charge on any atom is -0.481 e. The van der Waals surface area contributed by atoms with E-state index in [1.165, 1.54) is 5.56 Å². The van der Waals surface area contributed by atoms with Crippen LogP contribution in [-0.2, 0) is 4.79 Å². The molecule has 1 aromatic rings. The van der Waals surface area contributed by atoms with Gasteiger partial charge in [0.25, 0.3) is 0 Å². The molecule has 0 heterocycles. The van der Waals surface area contributed by atoms with Gasteiger partial charge >= 0.3 is 5.97 Å². The summed E-state index contributed by atoms with van der Waals surface area (Å²) in [5.41, 5.74) is 2.29. The molecule has 0 amide bonds. The monoisotopic (exact) mass is 207 g/mol. The van der Waals surface area contributed by atoms with Crippen LogP contribution in [0, 0.1) is 6.92 Å². The smallest absolute Gasteiger partial charge is 0.305 e. The topological polar surface area (TPSA) is 40.5 Å². The van der Waals surface area contributed by atoms with Crippen LogP contribution >= 0.6 is 0 Å². The molecule has 15 heavy (non-hydrogen) atoms. The lowest BCUT2D eigenvalue weighted by Crippen LogP contribution is -2.25. The Balaban J connectivity index is 2.69. The average molecular weight is 207 g/mol. The number of carbonyl (C=O) groups is 1. The van der Waals surface area contributed by atoms with E-state index in [0.29, 0.717) is 6.54 Å². The number of aryl methyl sites for hydroxylation is 1. The van der Waals surface area contributed by atoms with E-state index in [4.69, 9.17) is 5.11 Å². The van der Waals surface area contributed by atoms with Crippen LogP contribution in [0.5, 0.6) is 0 Å². The highest BCUT2D eigenvalue weighted by Gasteiger charge is 2.06. The number of hydrogen-bond acceptors (Lipinski definition) is 2. The van der Waals surface area contributed by atoms with Crippen LogP contribution in [0.2, 0.25) is 0 Å². The maximum absolute atomic E-state index is 10.5. The largest absolute Gasteiger partial charge is 0.481 e. The molecule has 82 valence electrons. The Kier molecular flexibility index (Phi) is 4.16. The second-order valence-corrected chi connectivity index (χ2v) is 3.56. The Morgan fingerprint density at radius 2 is 2.20 bits per heavy atom. The van der Waals surface area contributed by atoms with Crippen molar-refractivity contribution < 1.29 is 9.90 Å². The zero-order chi connectivity index (χ0) is 11.3. The van der Waals surface area contributed by atoms with Crippen LogP contribution in [0.4, 0.5) is 5.69 Å². The van der Waals surface area contributed by atoms with Crippen molar-refractivity contribution >= 4 is 11.7 Å². The summed E-state index contributed by atoms with van der Waals surface area (Å²) in [5, 5.41) is 8.63. The zero-order valence-electron chi connectivity index (χ0n) is 9.23. The molecule has 1 rings (SSSR count). The van der Waals surface area contributed by atoms with Gasteiger partial charge in [0.05, 0.1) is 6.42 Å². The summed E-state index contributed by atoms with van der Waals surface area (Å²) in [4.78, 5) is 12.6. The first kappa shape index (κ1) is 11.6. The van der Waals surface area contributed by atoms with Gasteiger partial charge in [-0.1, -0.05) is 12.1 Å². The van der Waals surface area contributed by atoms with Gasteiger partial charge < -0.3 is 10.0 Å². The molecule has 1 aromatic carbocycles. The second-order valence-electron chi connectivity index (χ2n) is 3.56. The summed E-state index contributed by atoms with van der Waals surface area (Å²) >= 11 is 0. The van der Waals surface area contributed by atoms with Gasteiger partial charge in [-0.05, 0) is 31.5 Å². The first-order valence-corrected chi connectivity index (χ1v) is 5.17. The molecule has 0 saturated heterocycles. The molecular formula is C12H17NO2. The van der Waals surface area contributed by atoms with Gasteiger partial charge in [-0.2, -0.15) is 0 Å². The number of hydrogen-bond donors (Lipinski definition) is 1. The van der Waals surface area contributed by atoms with Crippen LogP contribution in [0.1, 0.15) is 18.9 Å². The summed E-state index contributed by atoms with van der Waals surface area (Å²) in [6, 6.07) is 8.12. The van der Waals surface area contributed by atoms with Crippen molar-refractivity contribution in [2.75, 3.05) is 18.0 Å². The van der Waals surface area contributed by atoms with E-state index in [1.807, 2.05) is 32.0 Å². The van der Waals surface area contributed by atoms with E-state index in [2.05, 4.69) is 11.0 Å². The van der Waals surface area contributed by atoms with Crippen molar-refractivity contribution in [3.05, 3.63) is 29.8 Å². The van der Waals surface area contributed by atoms with E-state index < -0.39 is 5.97 Å². The number of rotatable bonds is 5. The molecule has 0 bridgehead atoms. The molecule has 0 radical (unpaired) electrons. The van der Waals surface area contributed by atoms with Crippen molar-refractivity contribution in [3.63, 3.8) is 0 Å². The van der Waals surface area contributed by atoms with E-state index in [-0.39, 0.29) is 6.42 Å². The first-order chi connectivity index (χ1) is 7.13. The van der Waals surface area contributed by atoms with E-state index >= 15 is 0 Å². The third kappa shape index (κ3) is 3.62. The molecule has 0 spiro atoms. The van der Waals surface area contributed by atoms with Crippen LogP contribution < -0.4 is 4.90 Å². The number of carboxylic acids is 1. The maximum Gasteiger partial charge on any atom is 0.305 e. The molecule has 0 aliphatic heterocycles. The highest BCUT2D eigenvalue weighted by molar-refractivity contribution is 5.67. The molecule has 0 aliphatic rings. The fraction of sp³-hybridized carbons (Fsp3) is 0.417. The van der Waals surface area contributed by atoms with Crippen LogP contribution in [-0.4, -0.2) is 24.2 Å². The van der Waals surface area contributed by atoms with Crippen molar-refractivity contribution in [2.24, 2.45) is 0 Å². The minimum atomic E-state index is -0.749. The predicted octanol–water partition coefficient (Wildman–Crippen LogP) is 2.30. The van der Waals surface area contributed by atoms with Gasteiger partial charge in [0.1, 0.15) is 0 Å². The Labute approximate surface area is 90.3 Å². The van der Waals surface area contributed by atoms with Gasteiger partial charge in [-0.25, -0.2) is 0 Å². The molecule has 3 heteroatoms. The minimum absolute atomic E-state index is 0.182. The van der Waals surface area contributed by atoms with Crippen molar-refractivity contribution in [1.29, 1.82) is 0 Å². The lowest BCUT2D eigenvalue weighted by Gasteiger charge is -2.22. The van der Waals surface area contributed by atoms with Crippen LogP contribution in [0.15, 0.2) is 24.3 Å². The maximum atomic E-state index is 10.5. The number of carboxylic acid groups (broad SMARTS) is 1. The SMILES string of the molecule is CCN(CCC(=O)O)c1cccc(C)c1. The second kappa shape index (κ2) is 5.39. The fourth-order valence-corrected chi connectivity index (χ4v) is 1.53. The van der Waals surface area contributed by atoms with Gasteiger partial charge in [0.2, 0.25) is 0 Å². The molecule has 0 fully saturated rings. The summed E-state index contributed by atoms with van der Waals surface area (Å²) in [7, 11) is 0. The van der Waals surface area contributed by atoms with Gasteiger partial charge in [-0.15, -0.1) is 0 Å². The average Bonchev–Trinajstić information content (AvgIpc) is 2.18. The third-order valence-electron chi connectivity index (χ3n) is 2.34. The first-order valence-electron chi connectivity index (χ1n) is 5.17. The van der Waals surface area contributed by atoms with Crippen LogP contribution in [0.25, 0.3) is 0 Å². The molecular weight excluding hydrogens is 190 g/mol.